The summed E-state index contributed by atoms with van der Waals surface area (Å²) in [5.74, 6) is 1.48. The van der Waals surface area contributed by atoms with Gasteiger partial charge in [0.2, 0.25) is 0 Å². The van der Waals surface area contributed by atoms with Gasteiger partial charge in [0, 0.05) is 11.1 Å². The maximum Gasteiger partial charge on any atom is 0.255 e. The number of methoxy groups -OCH3 is 1. The number of thiophene rings is 1. The lowest BCUT2D eigenvalue weighted by Crippen LogP contribution is -2.23. The summed E-state index contributed by atoms with van der Waals surface area (Å²) in [6.45, 7) is 2.40. The van der Waals surface area contributed by atoms with Crippen LogP contribution in [0, 0.1) is 6.92 Å². The summed E-state index contributed by atoms with van der Waals surface area (Å²) in [7, 11) is 1.66. The number of nitrogens with one attached hydrogen (secondary N) is 1. The molecule has 3 aromatic rings. The Bertz CT molecular complexity index is 1030. The Kier molecular flexibility index (Phi) is 5.81. The van der Waals surface area contributed by atoms with Crippen molar-refractivity contribution in [3.8, 4) is 5.75 Å². The molecule has 0 atom stereocenters. The molecule has 1 aromatic carbocycles. The maximum absolute atomic E-state index is 13.0. The highest BCUT2D eigenvalue weighted by atomic mass is 32.1. The van der Waals surface area contributed by atoms with Crippen LogP contribution in [0.3, 0.4) is 0 Å². The second kappa shape index (κ2) is 8.66. The van der Waals surface area contributed by atoms with Crippen LogP contribution in [0.1, 0.15) is 50.5 Å². The van der Waals surface area contributed by atoms with Crippen molar-refractivity contribution in [1.82, 2.24) is 5.32 Å². The van der Waals surface area contributed by atoms with Gasteiger partial charge in [-0.05, 0) is 79.6 Å². The standard InChI is InChI=1S/C23H24N2O3S/c1-15-12-17(27-2)10-9-16(15)13-25-23-21(19-7-3-4-8-20(19)29-23)22(26)24-14-18-6-5-11-28-18/h5-6,9-13H,3-4,7-8,14H2,1-2H3,(H,24,26). The minimum atomic E-state index is -0.0839. The first-order valence-electron chi connectivity index (χ1n) is 9.79. The van der Waals surface area contributed by atoms with E-state index in [9.17, 15) is 4.79 Å². The number of amides is 1. The van der Waals surface area contributed by atoms with E-state index in [1.54, 1.807) is 24.7 Å². The molecule has 0 saturated heterocycles. The molecule has 1 N–H and O–H groups in total. The molecule has 0 spiro atoms. The van der Waals surface area contributed by atoms with Crippen LogP contribution in [0.4, 0.5) is 5.00 Å². The Hall–Kier alpha value is -2.86. The van der Waals surface area contributed by atoms with E-state index < -0.39 is 0 Å². The summed E-state index contributed by atoms with van der Waals surface area (Å²) in [5, 5.41) is 3.77. The van der Waals surface area contributed by atoms with Crippen LogP contribution in [0.5, 0.6) is 5.75 Å². The first-order valence-corrected chi connectivity index (χ1v) is 10.6. The van der Waals surface area contributed by atoms with Crippen molar-refractivity contribution in [2.75, 3.05) is 7.11 Å². The number of aliphatic imine (C=N–C) groups is 1. The third-order valence-corrected chi connectivity index (χ3v) is 6.38. The number of furan rings is 1. The van der Waals surface area contributed by atoms with Crippen LogP contribution >= 0.6 is 11.3 Å². The normalized spacial score (nSPS) is 13.4. The predicted octanol–water partition coefficient (Wildman–Crippen LogP) is 5.22. The number of rotatable bonds is 6. The summed E-state index contributed by atoms with van der Waals surface area (Å²) >= 11 is 1.64. The molecule has 0 bridgehead atoms. The zero-order chi connectivity index (χ0) is 20.2. The largest absolute Gasteiger partial charge is 0.497 e. The summed E-state index contributed by atoms with van der Waals surface area (Å²) < 4.78 is 10.6. The van der Waals surface area contributed by atoms with E-state index in [2.05, 4.69) is 5.32 Å². The van der Waals surface area contributed by atoms with E-state index in [0.29, 0.717) is 6.54 Å². The molecular formula is C23H24N2O3S. The van der Waals surface area contributed by atoms with Crippen LogP contribution < -0.4 is 10.1 Å². The molecule has 2 heterocycles. The van der Waals surface area contributed by atoms with E-state index in [0.717, 1.165) is 58.0 Å². The third kappa shape index (κ3) is 4.27. The molecule has 5 nitrogen and oxygen atoms in total. The molecule has 6 heteroatoms. The summed E-state index contributed by atoms with van der Waals surface area (Å²) in [5.41, 5.74) is 3.98. The Balaban J connectivity index is 1.62. The summed E-state index contributed by atoms with van der Waals surface area (Å²) in [6.07, 6.45) is 7.70. The van der Waals surface area contributed by atoms with Crippen molar-refractivity contribution in [2.24, 2.45) is 4.99 Å². The van der Waals surface area contributed by atoms with Gasteiger partial charge in [-0.2, -0.15) is 0 Å². The highest BCUT2D eigenvalue weighted by Gasteiger charge is 2.25. The number of nitrogens with zero attached hydrogens (tertiary/aromatic N) is 1. The first-order chi connectivity index (χ1) is 14.2. The van der Waals surface area contributed by atoms with Gasteiger partial charge in [0.05, 0.1) is 25.5 Å². The van der Waals surface area contributed by atoms with Gasteiger partial charge in [-0.25, -0.2) is 4.99 Å². The van der Waals surface area contributed by atoms with Gasteiger partial charge in [0.15, 0.2) is 0 Å². The minimum absolute atomic E-state index is 0.0839. The van der Waals surface area contributed by atoms with Crippen LogP contribution in [0.15, 0.2) is 46.0 Å². The number of benzene rings is 1. The lowest BCUT2D eigenvalue weighted by molar-refractivity contribution is 0.0948. The molecule has 150 valence electrons. The van der Waals surface area contributed by atoms with E-state index in [-0.39, 0.29) is 5.91 Å². The average molecular weight is 409 g/mol. The van der Waals surface area contributed by atoms with Crippen LogP contribution in [-0.4, -0.2) is 19.2 Å². The summed E-state index contributed by atoms with van der Waals surface area (Å²) in [6, 6.07) is 9.57. The molecule has 0 radical (unpaired) electrons. The number of hydrogen-bond donors (Lipinski definition) is 1. The Morgan fingerprint density at radius 2 is 2.17 bits per heavy atom. The number of carbonyl (C=O) groups is 1. The molecule has 0 unspecified atom stereocenters. The van der Waals surface area contributed by atoms with E-state index >= 15 is 0 Å². The van der Waals surface area contributed by atoms with Crippen molar-refractivity contribution in [2.45, 2.75) is 39.2 Å². The average Bonchev–Trinajstić information content (AvgIpc) is 3.38. The molecule has 4 rings (SSSR count). The number of hydrogen-bond acceptors (Lipinski definition) is 5. The third-order valence-electron chi connectivity index (χ3n) is 5.18. The zero-order valence-electron chi connectivity index (χ0n) is 16.7. The van der Waals surface area contributed by atoms with E-state index in [1.807, 2.05) is 43.5 Å². The molecule has 0 aliphatic heterocycles. The maximum atomic E-state index is 13.0. The van der Waals surface area contributed by atoms with Crippen molar-refractivity contribution in [3.05, 3.63) is 69.5 Å². The fourth-order valence-corrected chi connectivity index (χ4v) is 4.82. The zero-order valence-corrected chi connectivity index (χ0v) is 17.5. The molecule has 29 heavy (non-hydrogen) atoms. The van der Waals surface area contributed by atoms with Gasteiger partial charge in [0.25, 0.3) is 5.91 Å². The molecule has 0 saturated carbocycles. The van der Waals surface area contributed by atoms with Crippen molar-refractivity contribution < 1.29 is 13.9 Å². The van der Waals surface area contributed by atoms with Crippen molar-refractivity contribution in [3.63, 3.8) is 0 Å². The van der Waals surface area contributed by atoms with Gasteiger partial charge in [-0.15, -0.1) is 11.3 Å². The smallest absolute Gasteiger partial charge is 0.255 e. The Morgan fingerprint density at radius 3 is 2.93 bits per heavy atom. The number of aryl methyl sites for hydroxylation is 2. The molecule has 0 fully saturated rings. The lowest BCUT2D eigenvalue weighted by Gasteiger charge is -2.12. The quantitative estimate of drug-likeness (QED) is 0.569. The highest BCUT2D eigenvalue weighted by Crippen LogP contribution is 2.40. The van der Waals surface area contributed by atoms with Gasteiger partial charge in [-0.1, -0.05) is 0 Å². The molecule has 2 aromatic heterocycles. The van der Waals surface area contributed by atoms with Gasteiger partial charge in [0.1, 0.15) is 16.5 Å². The van der Waals surface area contributed by atoms with Gasteiger partial charge >= 0.3 is 0 Å². The van der Waals surface area contributed by atoms with Gasteiger partial charge < -0.3 is 14.5 Å². The number of fused-ring (bicyclic) bond motifs is 1. The van der Waals surface area contributed by atoms with Gasteiger partial charge in [-0.3, -0.25) is 4.79 Å². The van der Waals surface area contributed by atoms with Crippen molar-refractivity contribution >= 4 is 28.5 Å². The summed E-state index contributed by atoms with van der Waals surface area (Å²) in [4.78, 5) is 19.0. The predicted molar refractivity (Wildman–Crippen MR) is 116 cm³/mol. The first kappa shape index (κ1) is 19.5. The topological polar surface area (TPSA) is 63.8 Å². The Labute approximate surface area is 174 Å². The highest BCUT2D eigenvalue weighted by molar-refractivity contribution is 7.16. The Morgan fingerprint density at radius 1 is 1.31 bits per heavy atom. The monoisotopic (exact) mass is 408 g/mol. The van der Waals surface area contributed by atoms with Crippen LogP contribution in [0.2, 0.25) is 0 Å². The van der Waals surface area contributed by atoms with E-state index in [1.165, 1.54) is 11.3 Å². The number of carbonyl (C=O) groups excluding carboxylic acids is 1. The minimum Gasteiger partial charge on any atom is -0.497 e. The fourth-order valence-electron chi connectivity index (χ4n) is 3.59. The van der Waals surface area contributed by atoms with Crippen LogP contribution in [-0.2, 0) is 19.4 Å². The fraction of sp³-hybridized carbons (Fsp3) is 0.304. The van der Waals surface area contributed by atoms with Crippen LogP contribution in [0.25, 0.3) is 0 Å². The number of ether oxygens (including phenoxy) is 1. The lowest BCUT2D eigenvalue weighted by atomic mass is 9.95. The van der Waals surface area contributed by atoms with Crippen molar-refractivity contribution in [1.29, 1.82) is 0 Å². The molecular weight excluding hydrogens is 384 g/mol. The molecule has 1 amide bonds. The second-order valence-corrected chi connectivity index (χ2v) is 8.22. The SMILES string of the molecule is COc1ccc(C=Nc2sc3c(c2C(=O)NCc2ccco2)CCCC3)c(C)c1. The van der Waals surface area contributed by atoms with E-state index in [4.69, 9.17) is 14.1 Å². The molecule has 1 aliphatic carbocycles. The molecule has 1 aliphatic rings. The second-order valence-electron chi connectivity index (χ2n) is 7.13.